The highest BCUT2D eigenvalue weighted by atomic mass is 16.5. The number of nitrogens with zero attached hydrogens (tertiary/aromatic N) is 1. The van der Waals surface area contributed by atoms with Crippen molar-refractivity contribution in [2.45, 2.75) is 19.1 Å². The van der Waals surface area contributed by atoms with Crippen LogP contribution in [0.2, 0.25) is 0 Å². The number of aliphatic hydroxyl groups excluding tert-OH is 1. The first-order valence-corrected chi connectivity index (χ1v) is 11.8. The Bertz CT molecular complexity index is 1120. The Morgan fingerprint density at radius 2 is 1.59 bits per heavy atom. The Morgan fingerprint density at radius 3 is 2.16 bits per heavy atom. The summed E-state index contributed by atoms with van der Waals surface area (Å²) in [6.45, 7) is 5.30. The number of hydroxylamine groups is 1. The minimum absolute atomic E-state index is 0.132. The van der Waals surface area contributed by atoms with E-state index in [1.807, 2.05) is 0 Å². The van der Waals surface area contributed by atoms with Crippen molar-refractivity contribution >= 4 is 23.4 Å². The van der Waals surface area contributed by atoms with Gasteiger partial charge in [0.25, 0.3) is 11.8 Å². The standard InChI is InChI=1S/C26H31N5O6/c1-18(32)24(26(35)30-36)29-25(34)21-8-4-19(5-9-21)2-3-20-6-10-22(11-7-20)28-23(33)16-27-17-31-12-14-37-15-13-31/h4-11,18,24,27,32,36H,12-17H2,1H3,(H,28,33)(H,29,34)(H,30,35)/t18-,24+/m1/s1. The van der Waals surface area contributed by atoms with Crippen LogP contribution in [0.25, 0.3) is 0 Å². The van der Waals surface area contributed by atoms with Crippen LogP contribution in [0, 0.1) is 11.8 Å². The van der Waals surface area contributed by atoms with Crippen LogP contribution >= 0.6 is 0 Å². The van der Waals surface area contributed by atoms with Gasteiger partial charge in [0.2, 0.25) is 5.91 Å². The highest BCUT2D eigenvalue weighted by Gasteiger charge is 2.25. The van der Waals surface area contributed by atoms with E-state index < -0.39 is 24.0 Å². The van der Waals surface area contributed by atoms with E-state index in [4.69, 9.17) is 9.94 Å². The minimum atomic E-state index is -1.30. The number of carbonyl (C=O) groups is 3. The molecule has 0 radical (unpaired) electrons. The number of anilines is 1. The molecule has 1 saturated heterocycles. The van der Waals surface area contributed by atoms with Crippen molar-refractivity contribution in [3.63, 3.8) is 0 Å². The van der Waals surface area contributed by atoms with Crippen LogP contribution < -0.4 is 21.4 Å². The molecule has 0 unspecified atom stereocenters. The summed E-state index contributed by atoms with van der Waals surface area (Å²) in [6, 6.07) is 12.3. The van der Waals surface area contributed by atoms with Crippen molar-refractivity contribution < 1.29 is 29.4 Å². The Kier molecular flexibility index (Phi) is 10.6. The quantitative estimate of drug-likeness (QED) is 0.156. The number of aliphatic hydroxyl groups is 1. The molecule has 2 aromatic carbocycles. The Labute approximate surface area is 215 Å². The van der Waals surface area contributed by atoms with Gasteiger partial charge < -0.3 is 20.5 Å². The van der Waals surface area contributed by atoms with Crippen LogP contribution in [0.1, 0.15) is 28.4 Å². The summed E-state index contributed by atoms with van der Waals surface area (Å²) in [5.41, 5.74) is 3.77. The smallest absolute Gasteiger partial charge is 0.268 e. The van der Waals surface area contributed by atoms with Gasteiger partial charge in [-0.2, -0.15) is 0 Å². The summed E-state index contributed by atoms with van der Waals surface area (Å²) < 4.78 is 5.30. The third-order valence-electron chi connectivity index (χ3n) is 5.55. The second-order valence-electron chi connectivity index (χ2n) is 8.44. The maximum atomic E-state index is 12.3. The van der Waals surface area contributed by atoms with Gasteiger partial charge in [-0.1, -0.05) is 11.8 Å². The number of morpholine rings is 1. The van der Waals surface area contributed by atoms with E-state index in [0.717, 1.165) is 18.7 Å². The first-order valence-electron chi connectivity index (χ1n) is 11.8. The monoisotopic (exact) mass is 509 g/mol. The van der Waals surface area contributed by atoms with Gasteiger partial charge in [0.15, 0.2) is 0 Å². The lowest BCUT2D eigenvalue weighted by atomic mass is 10.1. The van der Waals surface area contributed by atoms with Crippen molar-refractivity contribution in [2.75, 3.05) is 44.8 Å². The molecule has 11 nitrogen and oxygen atoms in total. The van der Waals surface area contributed by atoms with Crippen molar-refractivity contribution in [2.24, 2.45) is 0 Å². The number of carbonyl (C=O) groups excluding carboxylic acids is 3. The zero-order chi connectivity index (χ0) is 26.6. The van der Waals surface area contributed by atoms with Gasteiger partial charge in [-0.25, -0.2) is 5.48 Å². The van der Waals surface area contributed by atoms with Gasteiger partial charge in [0.05, 0.1) is 25.9 Å². The lowest BCUT2D eigenvalue weighted by Crippen LogP contribution is -2.51. The van der Waals surface area contributed by atoms with Crippen LogP contribution in [0.15, 0.2) is 48.5 Å². The fourth-order valence-corrected chi connectivity index (χ4v) is 3.48. The van der Waals surface area contributed by atoms with Crippen molar-refractivity contribution in [3.8, 4) is 11.8 Å². The van der Waals surface area contributed by atoms with Crippen molar-refractivity contribution in [3.05, 3.63) is 65.2 Å². The fourth-order valence-electron chi connectivity index (χ4n) is 3.48. The fraction of sp³-hybridized carbons (Fsp3) is 0.346. The Morgan fingerprint density at radius 1 is 1.00 bits per heavy atom. The molecule has 0 aliphatic carbocycles. The van der Waals surface area contributed by atoms with Crippen molar-refractivity contribution in [1.29, 1.82) is 0 Å². The number of hydrogen-bond acceptors (Lipinski definition) is 8. The zero-order valence-corrected chi connectivity index (χ0v) is 20.5. The van der Waals surface area contributed by atoms with Crippen LogP contribution in [0.4, 0.5) is 5.69 Å². The SMILES string of the molecule is C[C@@H](O)[C@H](NC(=O)c1ccc(C#Cc2ccc(NC(=O)CNCN3CCOCC3)cc2)cc1)C(=O)NO. The third-order valence-corrected chi connectivity index (χ3v) is 5.55. The van der Waals surface area contributed by atoms with E-state index in [-0.39, 0.29) is 18.0 Å². The molecule has 1 fully saturated rings. The molecule has 0 spiro atoms. The van der Waals surface area contributed by atoms with Crippen LogP contribution in [0.3, 0.4) is 0 Å². The van der Waals surface area contributed by atoms with E-state index in [0.29, 0.717) is 31.1 Å². The first-order chi connectivity index (χ1) is 17.9. The normalized spacial score (nSPS) is 15.0. The average molecular weight is 510 g/mol. The van der Waals surface area contributed by atoms with Crippen LogP contribution in [-0.2, 0) is 14.3 Å². The number of ether oxygens (including phenoxy) is 1. The number of benzene rings is 2. The maximum absolute atomic E-state index is 12.3. The van der Waals surface area contributed by atoms with Crippen LogP contribution in [0.5, 0.6) is 0 Å². The first kappa shape index (κ1) is 27.8. The summed E-state index contributed by atoms with van der Waals surface area (Å²) in [7, 11) is 0. The molecule has 1 aliphatic heterocycles. The molecular weight excluding hydrogens is 478 g/mol. The van der Waals surface area contributed by atoms with Gasteiger partial charge in [0, 0.05) is 42.1 Å². The lowest BCUT2D eigenvalue weighted by Gasteiger charge is -2.26. The summed E-state index contributed by atoms with van der Waals surface area (Å²) >= 11 is 0. The van der Waals surface area contributed by atoms with E-state index >= 15 is 0 Å². The van der Waals surface area contributed by atoms with Gasteiger partial charge in [-0.15, -0.1) is 0 Å². The summed E-state index contributed by atoms with van der Waals surface area (Å²) in [4.78, 5) is 38.3. The summed E-state index contributed by atoms with van der Waals surface area (Å²) in [5, 5.41) is 26.7. The second kappa shape index (κ2) is 14.1. The van der Waals surface area contributed by atoms with Gasteiger partial charge in [0.1, 0.15) is 6.04 Å². The van der Waals surface area contributed by atoms with E-state index in [1.54, 1.807) is 48.5 Å². The topological polar surface area (TPSA) is 152 Å². The van der Waals surface area contributed by atoms with E-state index in [2.05, 4.69) is 32.7 Å². The Hall–Kier alpha value is -3.79. The molecule has 0 aromatic heterocycles. The molecule has 6 N–H and O–H groups in total. The second-order valence-corrected chi connectivity index (χ2v) is 8.44. The van der Waals surface area contributed by atoms with Gasteiger partial charge >= 0.3 is 0 Å². The molecule has 1 heterocycles. The predicted molar refractivity (Wildman–Crippen MR) is 136 cm³/mol. The zero-order valence-electron chi connectivity index (χ0n) is 20.5. The molecule has 196 valence electrons. The number of nitrogens with one attached hydrogen (secondary N) is 4. The van der Waals surface area contributed by atoms with Crippen LogP contribution in [-0.4, -0.2) is 84.6 Å². The largest absolute Gasteiger partial charge is 0.391 e. The molecule has 3 rings (SSSR count). The minimum Gasteiger partial charge on any atom is -0.391 e. The molecule has 2 aromatic rings. The lowest BCUT2D eigenvalue weighted by molar-refractivity contribution is -0.133. The molecule has 1 aliphatic rings. The molecule has 11 heteroatoms. The summed E-state index contributed by atoms with van der Waals surface area (Å²) in [5.74, 6) is 4.40. The van der Waals surface area contributed by atoms with Gasteiger partial charge in [-0.05, 0) is 55.5 Å². The molecular formula is C26H31N5O6. The molecule has 3 amide bonds. The Balaban J connectivity index is 1.48. The molecule has 2 atom stereocenters. The number of hydrogen-bond donors (Lipinski definition) is 6. The van der Waals surface area contributed by atoms with E-state index in [9.17, 15) is 19.5 Å². The highest BCUT2D eigenvalue weighted by molar-refractivity contribution is 5.97. The highest BCUT2D eigenvalue weighted by Crippen LogP contribution is 2.10. The average Bonchev–Trinajstić information content (AvgIpc) is 2.91. The number of amides is 3. The maximum Gasteiger partial charge on any atom is 0.268 e. The summed E-state index contributed by atoms with van der Waals surface area (Å²) in [6.07, 6.45) is -1.20. The van der Waals surface area contributed by atoms with Crippen molar-refractivity contribution in [1.82, 2.24) is 21.0 Å². The molecule has 0 bridgehead atoms. The molecule has 0 saturated carbocycles. The third kappa shape index (κ3) is 8.98. The molecule has 37 heavy (non-hydrogen) atoms. The van der Waals surface area contributed by atoms with Gasteiger partial charge in [-0.3, -0.25) is 29.8 Å². The predicted octanol–water partition coefficient (Wildman–Crippen LogP) is -0.111. The number of rotatable bonds is 9. The van der Waals surface area contributed by atoms with E-state index in [1.165, 1.54) is 12.4 Å².